The standard InChI is InChI=1S/C10H9IN2O/c11-9-4-2-8(3-5-9)10(14)13-7-1-6-12/h2-5H,1,7H2,(H,13,14). The molecule has 1 amide bonds. The van der Waals surface area contributed by atoms with Crippen LogP contribution in [-0.4, -0.2) is 12.5 Å². The van der Waals surface area contributed by atoms with Gasteiger partial charge in [-0.1, -0.05) is 0 Å². The summed E-state index contributed by atoms with van der Waals surface area (Å²) in [7, 11) is 0. The van der Waals surface area contributed by atoms with Crippen molar-refractivity contribution in [3.05, 3.63) is 33.4 Å². The highest BCUT2D eigenvalue weighted by Gasteiger charge is 2.02. The van der Waals surface area contributed by atoms with Crippen LogP contribution in [0.2, 0.25) is 0 Å². The zero-order chi connectivity index (χ0) is 10.4. The van der Waals surface area contributed by atoms with E-state index in [1.807, 2.05) is 18.2 Å². The number of nitrogens with zero attached hydrogens (tertiary/aromatic N) is 1. The highest BCUT2D eigenvalue weighted by molar-refractivity contribution is 14.1. The Hall–Kier alpha value is -1.09. The van der Waals surface area contributed by atoms with Gasteiger partial charge in [0.15, 0.2) is 0 Å². The molecule has 0 aliphatic carbocycles. The lowest BCUT2D eigenvalue weighted by Crippen LogP contribution is -2.24. The second kappa shape index (κ2) is 5.60. The Bertz CT molecular complexity index is 353. The Balaban J connectivity index is 2.53. The van der Waals surface area contributed by atoms with E-state index >= 15 is 0 Å². The molecule has 0 aromatic heterocycles. The maximum Gasteiger partial charge on any atom is 0.251 e. The fraction of sp³-hybridized carbons (Fsp3) is 0.200. The molecule has 3 nitrogen and oxygen atoms in total. The van der Waals surface area contributed by atoms with E-state index in [0.29, 0.717) is 18.5 Å². The van der Waals surface area contributed by atoms with Crippen LogP contribution in [0.15, 0.2) is 24.3 Å². The van der Waals surface area contributed by atoms with Gasteiger partial charge in [0.1, 0.15) is 0 Å². The van der Waals surface area contributed by atoms with Crippen molar-refractivity contribution in [3.8, 4) is 6.07 Å². The Morgan fingerprint density at radius 2 is 2.07 bits per heavy atom. The molecule has 1 rings (SSSR count). The van der Waals surface area contributed by atoms with Crippen LogP contribution in [0.3, 0.4) is 0 Å². The topological polar surface area (TPSA) is 52.9 Å². The summed E-state index contributed by atoms with van der Waals surface area (Å²) in [6, 6.07) is 9.25. The largest absolute Gasteiger partial charge is 0.351 e. The highest BCUT2D eigenvalue weighted by Crippen LogP contribution is 2.06. The molecule has 1 N–H and O–H groups in total. The summed E-state index contributed by atoms with van der Waals surface area (Å²) in [5.41, 5.74) is 0.628. The molecule has 0 fully saturated rings. The number of nitriles is 1. The molecule has 0 unspecified atom stereocenters. The number of rotatable bonds is 3. The lowest BCUT2D eigenvalue weighted by Gasteiger charge is -2.02. The first kappa shape index (κ1) is 11.0. The number of nitrogens with one attached hydrogen (secondary N) is 1. The molecule has 0 heterocycles. The zero-order valence-corrected chi connectivity index (χ0v) is 9.61. The van der Waals surface area contributed by atoms with Gasteiger partial charge in [0.05, 0.1) is 12.5 Å². The quantitative estimate of drug-likeness (QED) is 0.685. The zero-order valence-electron chi connectivity index (χ0n) is 7.46. The van der Waals surface area contributed by atoms with Gasteiger partial charge in [-0.15, -0.1) is 0 Å². The number of hydrogen-bond acceptors (Lipinski definition) is 2. The maximum absolute atomic E-state index is 11.4. The predicted octanol–water partition coefficient (Wildman–Crippen LogP) is 1.93. The van der Waals surface area contributed by atoms with Crippen LogP contribution in [0.1, 0.15) is 16.8 Å². The van der Waals surface area contributed by atoms with Gasteiger partial charge in [-0.25, -0.2) is 0 Å². The molecule has 0 aliphatic heterocycles. The second-order valence-electron chi connectivity index (χ2n) is 2.67. The van der Waals surface area contributed by atoms with Crippen molar-refractivity contribution >= 4 is 28.5 Å². The van der Waals surface area contributed by atoms with E-state index in [2.05, 4.69) is 27.9 Å². The molecule has 14 heavy (non-hydrogen) atoms. The van der Waals surface area contributed by atoms with Crippen molar-refractivity contribution in [2.75, 3.05) is 6.54 Å². The Labute approximate surface area is 96.3 Å². The van der Waals surface area contributed by atoms with Crippen LogP contribution in [0.5, 0.6) is 0 Å². The van der Waals surface area contributed by atoms with Crippen molar-refractivity contribution in [1.82, 2.24) is 5.32 Å². The fourth-order valence-electron chi connectivity index (χ4n) is 0.935. The molecule has 1 aromatic rings. The molecule has 0 radical (unpaired) electrons. The molecule has 1 aromatic carbocycles. The highest BCUT2D eigenvalue weighted by atomic mass is 127. The first-order chi connectivity index (χ1) is 6.74. The molecular formula is C10H9IN2O. The number of halogens is 1. The Kier molecular flexibility index (Phi) is 4.40. The molecule has 72 valence electrons. The predicted molar refractivity (Wildman–Crippen MR) is 61.7 cm³/mol. The third kappa shape index (κ3) is 3.34. The number of carbonyl (C=O) groups excluding carboxylic acids is 1. The van der Waals surface area contributed by atoms with Gasteiger partial charge in [0, 0.05) is 15.7 Å². The van der Waals surface area contributed by atoms with Gasteiger partial charge in [-0.3, -0.25) is 4.79 Å². The molecule has 0 spiro atoms. The molecule has 0 saturated heterocycles. The second-order valence-corrected chi connectivity index (χ2v) is 3.92. The van der Waals surface area contributed by atoms with Gasteiger partial charge in [0.25, 0.3) is 5.91 Å². The number of carbonyl (C=O) groups is 1. The summed E-state index contributed by atoms with van der Waals surface area (Å²) in [4.78, 5) is 11.4. The summed E-state index contributed by atoms with van der Waals surface area (Å²) in [5, 5.41) is 10.9. The normalized spacial score (nSPS) is 9.14. The molecule has 4 heteroatoms. The van der Waals surface area contributed by atoms with Crippen molar-refractivity contribution in [1.29, 1.82) is 5.26 Å². The van der Waals surface area contributed by atoms with Crippen molar-refractivity contribution in [3.63, 3.8) is 0 Å². The van der Waals surface area contributed by atoms with Gasteiger partial charge in [-0.2, -0.15) is 5.26 Å². The Morgan fingerprint density at radius 3 is 2.64 bits per heavy atom. The SMILES string of the molecule is N#CCCNC(=O)c1ccc(I)cc1. The van der Waals surface area contributed by atoms with Crippen molar-refractivity contribution < 1.29 is 4.79 Å². The van der Waals surface area contributed by atoms with Crippen LogP contribution in [-0.2, 0) is 0 Å². The first-order valence-electron chi connectivity index (χ1n) is 4.15. The van der Waals surface area contributed by atoms with Crippen molar-refractivity contribution in [2.24, 2.45) is 0 Å². The van der Waals surface area contributed by atoms with Gasteiger partial charge in [-0.05, 0) is 46.9 Å². The van der Waals surface area contributed by atoms with E-state index < -0.39 is 0 Å². The van der Waals surface area contributed by atoms with E-state index in [-0.39, 0.29) is 5.91 Å². The number of benzene rings is 1. The summed E-state index contributed by atoms with van der Waals surface area (Å²) >= 11 is 2.18. The minimum atomic E-state index is -0.128. The number of hydrogen-bond donors (Lipinski definition) is 1. The molecule has 0 bridgehead atoms. The maximum atomic E-state index is 11.4. The summed E-state index contributed by atoms with van der Waals surface area (Å²) in [6.07, 6.45) is 0.343. The van der Waals surface area contributed by atoms with Crippen LogP contribution in [0.4, 0.5) is 0 Å². The van der Waals surface area contributed by atoms with E-state index in [1.54, 1.807) is 12.1 Å². The fourth-order valence-corrected chi connectivity index (χ4v) is 1.29. The minimum Gasteiger partial charge on any atom is -0.351 e. The molecular weight excluding hydrogens is 291 g/mol. The lowest BCUT2D eigenvalue weighted by atomic mass is 10.2. The average Bonchev–Trinajstić information content (AvgIpc) is 2.19. The summed E-state index contributed by atoms with van der Waals surface area (Å²) in [6.45, 7) is 0.404. The monoisotopic (exact) mass is 300 g/mol. The summed E-state index contributed by atoms with van der Waals surface area (Å²) in [5.74, 6) is -0.128. The van der Waals surface area contributed by atoms with E-state index in [1.165, 1.54) is 0 Å². The third-order valence-electron chi connectivity index (χ3n) is 1.63. The smallest absolute Gasteiger partial charge is 0.251 e. The lowest BCUT2D eigenvalue weighted by molar-refractivity contribution is 0.0954. The molecule has 0 aliphatic rings. The Morgan fingerprint density at radius 1 is 1.43 bits per heavy atom. The van der Waals surface area contributed by atoms with Crippen LogP contribution >= 0.6 is 22.6 Å². The summed E-state index contributed by atoms with van der Waals surface area (Å²) < 4.78 is 1.09. The van der Waals surface area contributed by atoms with Gasteiger partial charge in [0.2, 0.25) is 0 Å². The third-order valence-corrected chi connectivity index (χ3v) is 2.35. The van der Waals surface area contributed by atoms with E-state index in [9.17, 15) is 4.79 Å². The average molecular weight is 300 g/mol. The van der Waals surface area contributed by atoms with E-state index in [0.717, 1.165) is 3.57 Å². The van der Waals surface area contributed by atoms with E-state index in [4.69, 9.17) is 5.26 Å². The van der Waals surface area contributed by atoms with Crippen molar-refractivity contribution in [2.45, 2.75) is 6.42 Å². The molecule has 0 atom stereocenters. The van der Waals surface area contributed by atoms with Crippen LogP contribution in [0, 0.1) is 14.9 Å². The first-order valence-corrected chi connectivity index (χ1v) is 5.22. The minimum absolute atomic E-state index is 0.128. The van der Waals surface area contributed by atoms with Crippen LogP contribution < -0.4 is 5.32 Å². The number of amides is 1. The molecule has 0 saturated carbocycles. The van der Waals surface area contributed by atoms with Gasteiger partial charge >= 0.3 is 0 Å². The van der Waals surface area contributed by atoms with Gasteiger partial charge < -0.3 is 5.32 Å². The van der Waals surface area contributed by atoms with Crippen LogP contribution in [0.25, 0.3) is 0 Å².